The number of amides is 2. The lowest BCUT2D eigenvalue weighted by Gasteiger charge is -2.34. The molecule has 5 heterocycles. The molecule has 1 aliphatic heterocycles. The maximum Gasteiger partial charge on any atom is 0.270 e. The predicted molar refractivity (Wildman–Crippen MR) is 140 cm³/mol. The molecule has 188 valence electrons. The minimum Gasteiger partial charge on any atom is -0.384 e. The van der Waals surface area contributed by atoms with Crippen molar-refractivity contribution >= 4 is 61.1 Å². The van der Waals surface area contributed by atoms with E-state index in [1.54, 1.807) is 22.8 Å². The molecule has 2 N–H and O–H groups in total. The number of rotatable bonds is 4. The smallest absolute Gasteiger partial charge is 0.270 e. The molecule has 0 saturated carbocycles. The molecular formula is C23H25N7O4S2. The highest BCUT2D eigenvalue weighted by Gasteiger charge is 2.26. The number of carbonyl (C=O) groups is 2. The third-order valence-corrected chi connectivity index (χ3v) is 8.30. The number of fused-ring (bicyclic) bond motifs is 2. The van der Waals surface area contributed by atoms with Gasteiger partial charge in [-0.3, -0.25) is 27.1 Å². The molecule has 36 heavy (non-hydrogen) atoms. The van der Waals surface area contributed by atoms with E-state index in [1.165, 1.54) is 19.4 Å². The number of hydrogen-bond acceptors (Lipinski definition) is 9. The van der Waals surface area contributed by atoms with Crippen molar-refractivity contribution in [2.45, 2.75) is 33.9 Å². The third-order valence-electron chi connectivity index (χ3n) is 6.33. The molecule has 0 spiro atoms. The van der Waals surface area contributed by atoms with Gasteiger partial charge in [0.2, 0.25) is 11.8 Å². The monoisotopic (exact) mass is 527 g/mol. The minimum absolute atomic E-state index is 0.0566. The number of aryl methyl sites for hydroxylation is 3. The Morgan fingerprint density at radius 2 is 1.25 bits per heavy atom. The van der Waals surface area contributed by atoms with Crippen LogP contribution in [-0.4, -0.2) is 65.7 Å². The second-order valence-corrected chi connectivity index (χ2v) is 11.0. The first-order chi connectivity index (χ1) is 17.1. The molecule has 4 aromatic heterocycles. The first-order valence-corrected chi connectivity index (χ1v) is 13.0. The van der Waals surface area contributed by atoms with Gasteiger partial charge in [0.05, 0.1) is 10.8 Å². The Morgan fingerprint density at radius 1 is 0.806 bits per heavy atom. The van der Waals surface area contributed by atoms with Crippen LogP contribution in [0.5, 0.6) is 0 Å². The quantitative estimate of drug-likeness (QED) is 0.420. The van der Waals surface area contributed by atoms with Gasteiger partial charge in [-0.15, -0.1) is 0 Å². The number of carbonyl (C=O) groups excluding carboxylic acids is 2. The average Bonchev–Trinajstić information content (AvgIpc) is 3.29. The molecular weight excluding hydrogens is 502 g/mol. The van der Waals surface area contributed by atoms with Crippen molar-refractivity contribution in [2.24, 2.45) is 0 Å². The van der Waals surface area contributed by atoms with Crippen LogP contribution in [0.3, 0.4) is 0 Å². The Balaban J connectivity index is 1.23. The van der Waals surface area contributed by atoms with E-state index in [0.717, 1.165) is 28.4 Å². The van der Waals surface area contributed by atoms with E-state index < -0.39 is 0 Å². The van der Waals surface area contributed by atoms with Crippen LogP contribution in [0.4, 0.5) is 5.82 Å². The van der Waals surface area contributed by atoms with Crippen LogP contribution < -0.4 is 16.9 Å². The Bertz CT molecular complexity index is 1520. The van der Waals surface area contributed by atoms with Crippen molar-refractivity contribution in [2.75, 3.05) is 31.9 Å². The van der Waals surface area contributed by atoms with Crippen LogP contribution in [0.25, 0.3) is 20.4 Å². The maximum absolute atomic E-state index is 12.9. The fourth-order valence-corrected chi connectivity index (χ4v) is 6.65. The number of piperazine rings is 1. The van der Waals surface area contributed by atoms with E-state index in [-0.39, 0.29) is 36.0 Å². The lowest BCUT2D eigenvalue weighted by molar-refractivity contribution is -0.140. The van der Waals surface area contributed by atoms with Gasteiger partial charge in [-0.2, -0.15) is 0 Å². The highest BCUT2D eigenvalue weighted by atomic mass is 32.1. The molecule has 2 amide bonds. The summed E-state index contributed by atoms with van der Waals surface area (Å²) < 4.78 is 2.84. The van der Waals surface area contributed by atoms with Crippen LogP contribution in [0.15, 0.2) is 21.7 Å². The van der Waals surface area contributed by atoms with Crippen LogP contribution >= 0.6 is 23.1 Å². The van der Waals surface area contributed by atoms with Gasteiger partial charge >= 0.3 is 0 Å². The Labute approximate surface area is 213 Å². The van der Waals surface area contributed by atoms with Gasteiger partial charge in [0.1, 0.15) is 28.6 Å². The van der Waals surface area contributed by atoms with Gasteiger partial charge in [0.15, 0.2) is 0 Å². The standard InChI is InChI=1S/C23H25N7O4S2/c1-12-8-14(3)25-20-18(12)22(33)29(35-20)10-16(31)27-4-6-28(7-5-27)17(32)11-30-23(34)19-13(2)9-15(24)26-21(19)36-30/h8-9H,4-7,10-11H2,1-3H3,(H2,24,26). The third kappa shape index (κ3) is 4.28. The van der Waals surface area contributed by atoms with Gasteiger partial charge in [0.25, 0.3) is 11.1 Å². The predicted octanol–water partition coefficient (Wildman–Crippen LogP) is 1.11. The van der Waals surface area contributed by atoms with E-state index in [1.807, 2.05) is 19.9 Å². The van der Waals surface area contributed by atoms with Crippen molar-refractivity contribution < 1.29 is 9.59 Å². The first-order valence-electron chi connectivity index (χ1n) is 11.4. The zero-order valence-electron chi connectivity index (χ0n) is 20.1. The highest BCUT2D eigenvalue weighted by molar-refractivity contribution is 7.13. The Kier molecular flexibility index (Phi) is 6.12. The Hall–Kier alpha value is -3.58. The topological polar surface area (TPSA) is 136 Å². The van der Waals surface area contributed by atoms with Crippen LogP contribution in [0, 0.1) is 20.8 Å². The molecule has 0 aliphatic carbocycles. The van der Waals surface area contributed by atoms with Gasteiger partial charge in [-0.05, 0) is 67.1 Å². The zero-order chi connectivity index (χ0) is 25.7. The normalized spacial score (nSPS) is 14.2. The number of nitrogens with two attached hydrogens (primary N) is 1. The lowest BCUT2D eigenvalue weighted by atomic mass is 10.2. The molecule has 0 unspecified atom stereocenters. The fraction of sp³-hybridized carbons (Fsp3) is 0.391. The lowest BCUT2D eigenvalue weighted by Crippen LogP contribution is -2.52. The second kappa shape index (κ2) is 9.13. The summed E-state index contributed by atoms with van der Waals surface area (Å²) in [5.74, 6) is -0.0380. The van der Waals surface area contributed by atoms with Crippen molar-refractivity contribution in [3.63, 3.8) is 0 Å². The van der Waals surface area contributed by atoms with Crippen molar-refractivity contribution in [3.05, 3.63) is 49.7 Å². The van der Waals surface area contributed by atoms with E-state index in [4.69, 9.17) is 5.73 Å². The number of anilines is 1. The molecule has 0 radical (unpaired) electrons. The SMILES string of the molecule is Cc1cc(C)c2c(=O)n(CC(=O)N3CCN(C(=O)Cn4sc5nc(N)cc(C)c5c4=O)CC3)sc2n1. The van der Waals surface area contributed by atoms with Crippen molar-refractivity contribution in [3.8, 4) is 0 Å². The summed E-state index contributed by atoms with van der Waals surface area (Å²) in [6, 6.07) is 3.50. The van der Waals surface area contributed by atoms with E-state index in [0.29, 0.717) is 52.4 Å². The maximum atomic E-state index is 12.9. The average molecular weight is 528 g/mol. The Morgan fingerprint density at radius 3 is 1.75 bits per heavy atom. The summed E-state index contributed by atoms with van der Waals surface area (Å²) in [6.45, 7) is 6.83. The number of nitrogens with zero attached hydrogens (tertiary/aromatic N) is 6. The van der Waals surface area contributed by atoms with Gasteiger partial charge in [-0.25, -0.2) is 9.97 Å². The summed E-state index contributed by atoms with van der Waals surface area (Å²) >= 11 is 2.31. The van der Waals surface area contributed by atoms with E-state index in [9.17, 15) is 19.2 Å². The van der Waals surface area contributed by atoms with E-state index >= 15 is 0 Å². The van der Waals surface area contributed by atoms with Crippen LogP contribution in [-0.2, 0) is 22.7 Å². The molecule has 11 nitrogen and oxygen atoms in total. The molecule has 1 fully saturated rings. The number of aromatic nitrogens is 4. The molecule has 1 saturated heterocycles. The number of hydrogen-bond donors (Lipinski definition) is 1. The second-order valence-electron chi connectivity index (χ2n) is 8.93. The fourth-order valence-electron chi connectivity index (χ4n) is 4.52. The molecule has 0 bridgehead atoms. The number of nitrogen functional groups attached to an aromatic ring is 1. The highest BCUT2D eigenvalue weighted by Crippen LogP contribution is 2.21. The van der Waals surface area contributed by atoms with Gasteiger partial charge in [0, 0.05) is 31.9 Å². The molecule has 1 aliphatic rings. The van der Waals surface area contributed by atoms with Crippen molar-refractivity contribution in [1.29, 1.82) is 0 Å². The summed E-state index contributed by atoms with van der Waals surface area (Å²) in [6.07, 6.45) is 0. The minimum atomic E-state index is -0.254. The molecule has 13 heteroatoms. The molecule has 5 rings (SSSR count). The molecule has 4 aromatic rings. The van der Waals surface area contributed by atoms with Crippen molar-refractivity contribution in [1.82, 2.24) is 27.7 Å². The van der Waals surface area contributed by atoms with Gasteiger partial charge < -0.3 is 15.5 Å². The largest absolute Gasteiger partial charge is 0.384 e. The first kappa shape index (κ1) is 24.1. The van der Waals surface area contributed by atoms with Gasteiger partial charge in [-0.1, -0.05) is 0 Å². The van der Waals surface area contributed by atoms with E-state index in [2.05, 4.69) is 9.97 Å². The summed E-state index contributed by atoms with van der Waals surface area (Å²) in [5.41, 5.74) is 7.74. The summed E-state index contributed by atoms with van der Waals surface area (Å²) in [4.78, 5) is 64.4. The summed E-state index contributed by atoms with van der Waals surface area (Å²) in [5, 5.41) is 1.04. The zero-order valence-corrected chi connectivity index (χ0v) is 21.7. The molecule has 0 atom stereocenters. The van der Waals surface area contributed by atoms with Crippen LogP contribution in [0.1, 0.15) is 16.8 Å². The molecule has 0 aromatic carbocycles. The number of pyridine rings is 2. The van der Waals surface area contributed by atoms with Crippen LogP contribution in [0.2, 0.25) is 0 Å². The summed E-state index contributed by atoms with van der Waals surface area (Å²) in [7, 11) is 0.